The largest absolute Gasteiger partial charge is 0.411 e. The third-order valence-electron chi connectivity index (χ3n) is 5.90. The average Bonchev–Trinajstić information content (AvgIpc) is 3.04. The molecule has 9 nitrogen and oxygen atoms in total. The van der Waals surface area contributed by atoms with Gasteiger partial charge in [-0.2, -0.15) is 0 Å². The van der Waals surface area contributed by atoms with Crippen molar-refractivity contribution in [3.05, 3.63) is 44.5 Å². The van der Waals surface area contributed by atoms with Gasteiger partial charge in [0.2, 0.25) is 0 Å². The van der Waals surface area contributed by atoms with Crippen LogP contribution < -0.4 is 11.2 Å². The molecule has 2 heterocycles. The van der Waals surface area contributed by atoms with Crippen LogP contribution in [0.5, 0.6) is 0 Å². The monoisotopic (exact) mass is 488 g/mol. The molecule has 1 saturated heterocycles. The van der Waals surface area contributed by atoms with Crippen molar-refractivity contribution in [2.75, 3.05) is 13.2 Å². The maximum atomic E-state index is 12.9. The molecule has 2 rings (SSSR count). The predicted octanol–water partition coefficient (Wildman–Crippen LogP) is 4.30. The molecule has 0 aromatic carbocycles. The Morgan fingerprint density at radius 3 is 2.38 bits per heavy atom. The van der Waals surface area contributed by atoms with E-state index < -0.39 is 39.5 Å². The molecule has 1 aromatic rings. The first-order valence-corrected chi connectivity index (χ1v) is 15.5. The van der Waals surface area contributed by atoms with Crippen molar-refractivity contribution in [1.82, 2.24) is 9.55 Å². The molecule has 1 aliphatic rings. The number of ether oxygens (including phenoxy) is 1. The average molecular weight is 489 g/mol. The molecular formula is C21H37N2O7PSi. The Bertz CT molecular complexity index is 970. The van der Waals surface area contributed by atoms with Gasteiger partial charge >= 0.3 is 13.3 Å². The van der Waals surface area contributed by atoms with Gasteiger partial charge in [0.25, 0.3) is 5.56 Å². The third kappa shape index (κ3) is 6.39. The smallest absolute Gasteiger partial charge is 0.353 e. The highest BCUT2D eigenvalue weighted by atomic mass is 31.2. The van der Waals surface area contributed by atoms with Gasteiger partial charge in [-0.05, 0) is 45.0 Å². The molecule has 182 valence electrons. The number of nitrogens with zero attached hydrogens (tertiary/aromatic N) is 1. The first-order chi connectivity index (χ1) is 14.7. The van der Waals surface area contributed by atoms with E-state index in [1.807, 2.05) is 0 Å². The van der Waals surface area contributed by atoms with Crippen LogP contribution in [0.1, 0.15) is 52.8 Å². The highest BCUT2D eigenvalue weighted by Crippen LogP contribution is 2.50. The molecule has 32 heavy (non-hydrogen) atoms. The van der Waals surface area contributed by atoms with Crippen molar-refractivity contribution < 1.29 is 22.8 Å². The summed E-state index contributed by atoms with van der Waals surface area (Å²) in [6.45, 7) is 16.3. The number of hydrogen-bond acceptors (Lipinski definition) is 7. The minimum Gasteiger partial charge on any atom is -0.411 e. The maximum absolute atomic E-state index is 12.9. The van der Waals surface area contributed by atoms with Crippen LogP contribution >= 0.6 is 7.60 Å². The number of nitrogens with one attached hydrogen (secondary N) is 1. The summed E-state index contributed by atoms with van der Waals surface area (Å²) in [7, 11) is -5.59. The van der Waals surface area contributed by atoms with Crippen LogP contribution in [-0.2, 0) is 22.8 Å². The lowest BCUT2D eigenvalue weighted by Crippen LogP contribution is -2.45. The highest BCUT2D eigenvalue weighted by Gasteiger charge is 2.44. The number of aromatic nitrogens is 2. The van der Waals surface area contributed by atoms with E-state index in [2.05, 4.69) is 38.8 Å². The number of hydrogen-bond donors (Lipinski definition) is 1. The molecule has 1 aromatic heterocycles. The van der Waals surface area contributed by atoms with Gasteiger partial charge < -0.3 is 18.2 Å². The molecule has 0 bridgehead atoms. The Balaban J connectivity index is 2.40. The molecule has 0 amide bonds. The van der Waals surface area contributed by atoms with Gasteiger partial charge in [-0.3, -0.25) is 18.9 Å². The van der Waals surface area contributed by atoms with E-state index in [4.69, 9.17) is 18.2 Å². The maximum Gasteiger partial charge on any atom is 0.353 e. The Morgan fingerprint density at radius 1 is 1.25 bits per heavy atom. The van der Waals surface area contributed by atoms with Crippen molar-refractivity contribution in [3.8, 4) is 0 Å². The molecule has 0 spiro atoms. The fraction of sp³-hybridized carbons (Fsp3) is 0.714. The molecule has 1 aliphatic heterocycles. The summed E-state index contributed by atoms with van der Waals surface area (Å²) in [6, 6.07) is 0. The number of aryl methyl sites for hydroxylation is 1. The van der Waals surface area contributed by atoms with Gasteiger partial charge in [-0.1, -0.05) is 20.8 Å². The topological polar surface area (TPSA) is 109 Å². The van der Waals surface area contributed by atoms with Gasteiger partial charge in [0.05, 0.1) is 19.3 Å². The zero-order valence-electron chi connectivity index (χ0n) is 20.3. The number of rotatable bonds is 9. The van der Waals surface area contributed by atoms with Crippen LogP contribution in [0.3, 0.4) is 0 Å². The summed E-state index contributed by atoms with van der Waals surface area (Å²) >= 11 is 0. The lowest BCUT2D eigenvalue weighted by atomic mass is 10.2. The van der Waals surface area contributed by atoms with Crippen molar-refractivity contribution in [3.63, 3.8) is 0 Å². The zero-order chi connectivity index (χ0) is 24.3. The Hall–Kier alpha value is -1.29. The highest BCUT2D eigenvalue weighted by molar-refractivity contribution is 7.57. The Labute approximate surface area is 190 Å². The lowest BCUT2D eigenvalue weighted by molar-refractivity contribution is 0.00633. The zero-order valence-corrected chi connectivity index (χ0v) is 22.2. The number of aromatic amines is 1. The quantitative estimate of drug-likeness (QED) is 0.408. The molecule has 0 radical (unpaired) electrons. The van der Waals surface area contributed by atoms with Crippen LogP contribution in [0.15, 0.2) is 27.7 Å². The van der Waals surface area contributed by atoms with E-state index >= 15 is 0 Å². The van der Waals surface area contributed by atoms with E-state index in [1.165, 1.54) is 16.6 Å². The van der Waals surface area contributed by atoms with Gasteiger partial charge in [0.1, 0.15) is 12.3 Å². The van der Waals surface area contributed by atoms with E-state index in [0.717, 1.165) is 0 Å². The van der Waals surface area contributed by atoms with Crippen LogP contribution in [0.4, 0.5) is 0 Å². The van der Waals surface area contributed by atoms with Gasteiger partial charge in [-0.15, -0.1) is 0 Å². The standard InChI is InChI=1S/C21H37N2O7PSi/c1-9-27-31(26,28-10-2)12-11-16-17(30-32(7,8)21(4,5)6)13-18(29-16)23-14-15(3)19(24)22-20(23)25/h11-12,14,16-18H,9-10,13H2,1-8H3,(H,22,24,25)/b12-11+/t16-,17?,18-/m1/s1. The number of H-pyrrole nitrogens is 1. The van der Waals surface area contributed by atoms with Crippen LogP contribution in [0.25, 0.3) is 0 Å². The lowest BCUT2D eigenvalue weighted by Gasteiger charge is -2.39. The second-order valence-corrected chi connectivity index (χ2v) is 16.1. The molecular weight excluding hydrogens is 451 g/mol. The fourth-order valence-electron chi connectivity index (χ4n) is 3.15. The normalized spacial score (nSPS) is 22.7. The molecule has 3 atom stereocenters. The summed E-state index contributed by atoms with van der Waals surface area (Å²) in [5, 5.41) is -0.0311. The van der Waals surface area contributed by atoms with E-state index in [-0.39, 0.29) is 24.4 Å². The van der Waals surface area contributed by atoms with Gasteiger partial charge in [-0.25, -0.2) is 4.79 Å². The molecule has 11 heteroatoms. The minimum atomic E-state index is -3.42. The molecule has 1 N–H and O–H groups in total. The third-order valence-corrected chi connectivity index (χ3v) is 12.2. The van der Waals surface area contributed by atoms with Crippen molar-refractivity contribution in [2.24, 2.45) is 0 Å². The molecule has 0 aliphatic carbocycles. The van der Waals surface area contributed by atoms with Crippen molar-refractivity contribution in [1.29, 1.82) is 0 Å². The van der Waals surface area contributed by atoms with E-state index in [1.54, 1.807) is 26.8 Å². The molecule has 0 saturated carbocycles. The summed E-state index contributed by atoms with van der Waals surface area (Å²) < 4.78 is 37.7. The summed E-state index contributed by atoms with van der Waals surface area (Å²) in [5.74, 6) is 1.41. The van der Waals surface area contributed by atoms with Gasteiger partial charge in [0.15, 0.2) is 8.32 Å². The molecule has 1 unspecified atom stereocenters. The van der Waals surface area contributed by atoms with Crippen molar-refractivity contribution >= 4 is 15.9 Å². The Morgan fingerprint density at radius 2 is 1.84 bits per heavy atom. The fourth-order valence-corrected chi connectivity index (χ4v) is 5.84. The van der Waals surface area contributed by atoms with E-state index in [9.17, 15) is 14.2 Å². The summed E-state index contributed by atoms with van der Waals surface area (Å²) in [6.07, 6.45) is 1.97. The molecule has 1 fully saturated rings. The Kier molecular flexibility index (Phi) is 8.69. The first-order valence-electron chi connectivity index (χ1n) is 11.0. The van der Waals surface area contributed by atoms with Crippen molar-refractivity contribution in [2.45, 2.75) is 84.5 Å². The summed E-state index contributed by atoms with van der Waals surface area (Å²) in [5.41, 5.74) is -0.564. The summed E-state index contributed by atoms with van der Waals surface area (Å²) in [4.78, 5) is 26.5. The SMILES string of the molecule is CCOP(=O)(/C=C/[C@H]1O[C@@H](n2cc(C)c(=O)[nH]c2=O)CC1O[Si](C)(C)C(C)(C)C)OCC. The second-order valence-electron chi connectivity index (χ2n) is 9.40. The first kappa shape index (κ1) is 27.0. The predicted molar refractivity (Wildman–Crippen MR) is 127 cm³/mol. The minimum absolute atomic E-state index is 0.0311. The van der Waals surface area contributed by atoms with Gasteiger partial charge in [0, 0.05) is 24.0 Å². The van der Waals surface area contributed by atoms with E-state index in [0.29, 0.717) is 12.0 Å². The van der Waals surface area contributed by atoms with Crippen LogP contribution in [0.2, 0.25) is 18.1 Å². The second kappa shape index (κ2) is 10.3. The van der Waals surface area contributed by atoms with Crippen LogP contribution in [-0.4, -0.2) is 43.3 Å². The van der Waals surface area contributed by atoms with Crippen LogP contribution in [0, 0.1) is 6.92 Å².